The molecular weight excluding hydrogens is 340 g/mol. The number of H-pyrrole nitrogens is 1. The Hall–Kier alpha value is -3.19. The van der Waals surface area contributed by atoms with Gasteiger partial charge < -0.3 is 14.2 Å². The third-order valence-electron chi connectivity index (χ3n) is 4.92. The summed E-state index contributed by atoms with van der Waals surface area (Å²) in [5, 5.41) is 8.79. The number of pyridine rings is 1. The fourth-order valence-electron chi connectivity index (χ4n) is 3.49. The first-order valence-electron chi connectivity index (χ1n) is 9.03. The molecule has 136 valence electrons. The van der Waals surface area contributed by atoms with Crippen molar-refractivity contribution in [3.8, 4) is 22.5 Å². The highest BCUT2D eigenvalue weighted by Gasteiger charge is 2.15. The highest BCUT2D eigenvalue weighted by molar-refractivity contribution is 5.95. The quantitative estimate of drug-likeness (QED) is 0.608. The number of hydrogen-bond acceptors (Lipinski definition) is 5. The normalized spacial score (nSPS) is 14.8. The second-order valence-electron chi connectivity index (χ2n) is 6.76. The van der Waals surface area contributed by atoms with Crippen LogP contribution in [0.3, 0.4) is 0 Å². The number of hydrogen-bond donors (Lipinski definition) is 1. The highest BCUT2D eigenvalue weighted by atomic mass is 16.5. The molecule has 7 nitrogen and oxygen atoms in total. The van der Waals surface area contributed by atoms with Gasteiger partial charge in [-0.25, -0.2) is 9.97 Å². The summed E-state index contributed by atoms with van der Waals surface area (Å²) >= 11 is 0. The number of aromatic amines is 1. The number of anilines is 1. The van der Waals surface area contributed by atoms with E-state index in [-0.39, 0.29) is 0 Å². The molecule has 7 heteroatoms. The number of aryl methyl sites for hydroxylation is 1. The lowest BCUT2D eigenvalue weighted by Crippen LogP contribution is -2.36. The van der Waals surface area contributed by atoms with Gasteiger partial charge in [0.2, 0.25) is 0 Å². The van der Waals surface area contributed by atoms with Gasteiger partial charge in [0.05, 0.1) is 30.8 Å². The van der Waals surface area contributed by atoms with Crippen molar-refractivity contribution < 1.29 is 4.74 Å². The van der Waals surface area contributed by atoms with Crippen molar-refractivity contribution in [3.63, 3.8) is 0 Å². The van der Waals surface area contributed by atoms with Gasteiger partial charge in [-0.05, 0) is 24.3 Å². The maximum Gasteiger partial charge on any atom is 0.129 e. The van der Waals surface area contributed by atoms with Crippen LogP contribution in [0.1, 0.15) is 0 Å². The minimum absolute atomic E-state index is 0.741. The van der Waals surface area contributed by atoms with Crippen molar-refractivity contribution in [3.05, 3.63) is 49.1 Å². The molecule has 1 N–H and O–H groups in total. The summed E-state index contributed by atoms with van der Waals surface area (Å²) in [6, 6.07) is 10.4. The summed E-state index contributed by atoms with van der Waals surface area (Å²) in [6.07, 6.45) is 5.68. The van der Waals surface area contributed by atoms with Crippen molar-refractivity contribution in [1.82, 2.24) is 24.7 Å². The topological polar surface area (TPSA) is 71.9 Å². The van der Waals surface area contributed by atoms with Crippen LogP contribution >= 0.6 is 0 Å². The number of nitrogens with one attached hydrogen (secondary N) is 1. The molecule has 3 aromatic heterocycles. The fraction of sp³-hybridized carbons (Fsp3) is 0.250. The first-order valence-corrected chi connectivity index (χ1v) is 9.03. The lowest BCUT2D eigenvalue weighted by atomic mass is 10.0. The van der Waals surface area contributed by atoms with Crippen LogP contribution in [0.4, 0.5) is 5.82 Å². The van der Waals surface area contributed by atoms with E-state index in [4.69, 9.17) is 4.74 Å². The first kappa shape index (κ1) is 16.0. The number of imidazole rings is 1. The van der Waals surface area contributed by atoms with Crippen molar-refractivity contribution in [2.75, 3.05) is 31.2 Å². The van der Waals surface area contributed by atoms with E-state index in [0.717, 1.165) is 65.5 Å². The van der Waals surface area contributed by atoms with Crippen molar-refractivity contribution in [2.45, 2.75) is 0 Å². The number of benzene rings is 1. The Kier molecular flexibility index (Phi) is 3.86. The van der Waals surface area contributed by atoms with E-state index < -0.39 is 0 Å². The standard InChI is InChI=1S/C20H20N6O/c1-25-12-18(22-13-25)14-2-3-17-16(10-14)20(24-23-17)15-4-5-21-19(11-15)26-6-8-27-9-7-26/h2-5,10-13H,6-9H2,1H3,(H,23,24). The molecule has 0 saturated carbocycles. The third-order valence-corrected chi connectivity index (χ3v) is 4.92. The van der Waals surface area contributed by atoms with E-state index in [1.807, 2.05) is 36.4 Å². The van der Waals surface area contributed by atoms with Gasteiger partial charge in [0.1, 0.15) is 11.5 Å². The molecule has 4 aromatic rings. The molecule has 1 aromatic carbocycles. The largest absolute Gasteiger partial charge is 0.378 e. The van der Waals surface area contributed by atoms with Crippen LogP contribution in [-0.4, -0.2) is 51.0 Å². The average Bonchev–Trinajstić information content (AvgIpc) is 3.34. The first-order chi connectivity index (χ1) is 13.3. The third kappa shape index (κ3) is 2.96. The van der Waals surface area contributed by atoms with Crippen LogP contribution in [-0.2, 0) is 11.8 Å². The molecule has 1 fully saturated rings. The SMILES string of the molecule is Cn1cnc(-c2ccc3[nH]nc(-c4ccnc(N5CCOCC5)c4)c3c2)c1. The second-order valence-corrected chi connectivity index (χ2v) is 6.76. The second kappa shape index (κ2) is 6.51. The average molecular weight is 360 g/mol. The van der Waals surface area contributed by atoms with Crippen LogP contribution < -0.4 is 4.90 Å². The molecule has 4 heterocycles. The number of aromatic nitrogens is 5. The molecule has 0 radical (unpaired) electrons. The Labute approximate surface area is 156 Å². The minimum Gasteiger partial charge on any atom is -0.378 e. The van der Waals surface area contributed by atoms with Gasteiger partial charge in [-0.2, -0.15) is 5.10 Å². The van der Waals surface area contributed by atoms with Gasteiger partial charge in [-0.15, -0.1) is 0 Å². The molecule has 27 heavy (non-hydrogen) atoms. The number of fused-ring (bicyclic) bond motifs is 1. The van der Waals surface area contributed by atoms with Gasteiger partial charge in [-0.3, -0.25) is 5.10 Å². The Morgan fingerprint density at radius 1 is 1.04 bits per heavy atom. The van der Waals surface area contributed by atoms with E-state index in [1.54, 1.807) is 0 Å². The molecule has 0 amide bonds. The summed E-state index contributed by atoms with van der Waals surface area (Å²) in [4.78, 5) is 11.3. The number of nitrogens with zero attached hydrogens (tertiary/aromatic N) is 5. The van der Waals surface area contributed by atoms with Crippen LogP contribution in [0.5, 0.6) is 0 Å². The zero-order valence-electron chi connectivity index (χ0n) is 15.1. The van der Waals surface area contributed by atoms with E-state index in [1.165, 1.54) is 0 Å². The number of morpholine rings is 1. The van der Waals surface area contributed by atoms with Crippen LogP contribution in [0.25, 0.3) is 33.4 Å². The number of ether oxygens (including phenoxy) is 1. The van der Waals surface area contributed by atoms with Crippen molar-refractivity contribution >= 4 is 16.7 Å². The van der Waals surface area contributed by atoms with Gasteiger partial charge in [0.25, 0.3) is 0 Å². The summed E-state index contributed by atoms with van der Waals surface area (Å²) in [6.45, 7) is 3.21. The minimum atomic E-state index is 0.741. The van der Waals surface area contributed by atoms with Crippen LogP contribution in [0.15, 0.2) is 49.1 Å². The monoisotopic (exact) mass is 360 g/mol. The fourth-order valence-corrected chi connectivity index (χ4v) is 3.49. The van der Waals surface area contributed by atoms with Crippen molar-refractivity contribution in [1.29, 1.82) is 0 Å². The molecule has 0 atom stereocenters. The Balaban J connectivity index is 1.56. The Morgan fingerprint density at radius 2 is 1.93 bits per heavy atom. The zero-order valence-corrected chi connectivity index (χ0v) is 15.1. The van der Waals surface area contributed by atoms with E-state index >= 15 is 0 Å². The summed E-state index contributed by atoms with van der Waals surface area (Å²) in [5.41, 5.74) is 5.02. The van der Waals surface area contributed by atoms with Crippen LogP contribution in [0.2, 0.25) is 0 Å². The molecule has 1 aliphatic rings. The van der Waals surface area contributed by atoms with Gasteiger partial charge in [-0.1, -0.05) is 6.07 Å². The van der Waals surface area contributed by atoms with E-state index in [9.17, 15) is 0 Å². The maximum atomic E-state index is 5.44. The lowest BCUT2D eigenvalue weighted by molar-refractivity contribution is 0.122. The van der Waals surface area contributed by atoms with Gasteiger partial charge in [0, 0.05) is 49.0 Å². The molecule has 1 aliphatic heterocycles. The van der Waals surface area contributed by atoms with E-state index in [0.29, 0.717) is 0 Å². The molecule has 0 bridgehead atoms. The highest BCUT2D eigenvalue weighted by Crippen LogP contribution is 2.31. The van der Waals surface area contributed by atoms with Crippen LogP contribution in [0, 0.1) is 0 Å². The molecule has 0 spiro atoms. The van der Waals surface area contributed by atoms with Crippen molar-refractivity contribution in [2.24, 2.45) is 7.05 Å². The maximum absolute atomic E-state index is 5.44. The Bertz CT molecular complexity index is 1090. The molecule has 0 unspecified atom stereocenters. The predicted octanol–water partition coefficient (Wildman–Crippen LogP) is 2.86. The smallest absolute Gasteiger partial charge is 0.129 e. The summed E-state index contributed by atoms with van der Waals surface area (Å²) in [7, 11) is 1.97. The lowest BCUT2D eigenvalue weighted by Gasteiger charge is -2.27. The molecule has 5 rings (SSSR count). The predicted molar refractivity (Wildman–Crippen MR) is 105 cm³/mol. The van der Waals surface area contributed by atoms with E-state index in [2.05, 4.69) is 49.3 Å². The Morgan fingerprint density at radius 3 is 2.74 bits per heavy atom. The summed E-state index contributed by atoms with van der Waals surface area (Å²) < 4.78 is 7.40. The summed E-state index contributed by atoms with van der Waals surface area (Å²) in [5.74, 6) is 0.966. The zero-order chi connectivity index (χ0) is 18.2. The van der Waals surface area contributed by atoms with Gasteiger partial charge in [0.15, 0.2) is 0 Å². The van der Waals surface area contributed by atoms with Gasteiger partial charge >= 0.3 is 0 Å². The molecule has 0 aliphatic carbocycles. The number of rotatable bonds is 3. The molecular formula is C20H20N6O. The molecule has 1 saturated heterocycles.